The number of nitrogens with zero attached hydrogens (tertiary/aromatic N) is 5. The van der Waals surface area contributed by atoms with E-state index in [0.29, 0.717) is 6.54 Å². The van der Waals surface area contributed by atoms with Crippen molar-refractivity contribution in [2.75, 3.05) is 56.2 Å². The quantitative estimate of drug-likeness (QED) is 0.808. The molecule has 2 aliphatic heterocycles. The van der Waals surface area contributed by atoms with Crippen molar-refractivity contribution in [3.05, 3.63) is 42.7 Å². The number of hydrogen-bond acceptors (Lipinski definition) is 6. The van der Waals surface area contributed by atoms with Gasteiger partial charge in [-0.2, -0.15) is 0 Å². The standard InChI is InChI=1S/C21H27N5O2/c1-28-19-7-2-6-18(15-19)24-11-13-25(14-12-24)20(27)17-5-3-10-26(16-17)21-22-8-4-9-23-21/h2,4,6-9,15,17H,3,5,10-14,16H2,1H3/t17-/m1/s1. The fourth-order valence-electron chi connectivity index (χ4n) is 4.07. The number of carbonyl (C=O) groups is 1. The zero-order valence-electron chi connectivity index (χ0n) is 16.3. The summed E-state index contributed by atoms with van der Waals surface area (Å²) in [7, 11) is 1.68. The van der Waals surface area contributed by atoms with E-state index in [0.717, 1.165) is 63.0 Å². The Morgan fingerprint density at radius 3 is 2.57 bits per heavy atom. The molecule has 2 saturated heterocycles. The van der Waals surface area contributed by atoms with Crippen molar-refractivity contribution in [2.45, 2.75) is 12.8 Å². The van der Waals surface area contributed by atoms with Crippen molar-refractivity contribution in [1.82, 2.24) is 14.9 Å². The van der Waals surface area contributed by atoms with Crippen molar-refractivity contribution in [3.63, 3.8) is 0 Å². The smallest absolute Gasteiger partial charge is 0.227 e. The van der Waals surface area contributed by atoms with Crippen molar-refractivity contribution in [3.8, 4) is 5.75 Å². The second-order valence-electron chi connectivity index (χ2n) is 7.35. The summed E-state index contributed by atoms with van der Waals surface area (Å²) in [6.45, 7) is 4.83. The predicted octanol–water partition coefficient (Wildman–Crippen LogP) is 2.05. The van der Waals surface area contributed by atoms with Crippen LogP contribution in [0.4, 0.5) is 11.6 Å². The Labute approximate surface area is 165 Å². The minimum absolute atomic E-state index is 0.0286. The number of carbonyl (C=O) groups excluding carboxylic acids is 1. The molecule has 0 N–H and O–H groups in total. The molecule has 1 atom stereocenters. The van der Waals surface area contributed by atoms with Gasteiger partial charge in [-0.05, 0) is 31.0 Å². The Hall–Kier alpha value is -2.83. The van der Waals surface area contributed by atoms with Gasteiger partial charge in [0.2, 0.25) is 11.9 Å². The highest BCUT2D eigenvalue weighted by atomic mass is 16.5. The highest BCUT2D eigenvalue weighted by molar-refractivity contribution is 5.80. The Balaban J connectivity index is 1.34. The van der Waals surface area contributed by atoms with E-state index in [9.17, 15) is 4.79 Å². The maximum atomic E-state index is 13.1. The SMILES string of the molecule is COc1cccc(N2CCN(C(=O)[C@@H]3CCCN(c4ncccn4)C3)CC2)c1. The number of anilines is 2. The van der Waals surface area contributed by atoms with Gasteiger partial charge in [0.05, 0.1) is 13.0 Å². The molecule has 0 aliphatic carbocycles. The van der Waals surface area contributed by atoms with Crippen LogP contribution in [0.1, 0.15) is 12.8 Å². The fourth-order valence-corrected chi connectivity index (χ4v) is 4.07. The lowest BCUT2D eigenvalue weighted by molar-refractivity contribution is -0.136. The van der Waals surface area contributed by atoms with Gasteiger partial charge in [0.1, 0.15) is 5.75 Å². The van der Waals surface area contributed by atoms with E-state index in [2.05, 4.69) is 31.9 Å². The van der Waals surface area contributed by atoms with E-state index in [4.69, 9.17) is 4.74 Å². The Morgan fingerprint density at radius 1 is 1.04 bits per heavy atom. The molecule has 2 aliphatic rings. The zero-order chi connectivity index (χ0) is 19.3. The molecule has 3 heterocycles. The Kier molecular flexibility index (Phi) is 5.60. The van der Waals surface area contributed by atoms with Crippen molar-refractivity contribution >= 4 is 17.5 Å². The van der Waals surface area contributed by atoms with Crippen LogP contribution in [0.25, 0.3) is 0 Å². The maximum absolute atomic E-state index is 13.1. The molecule has 1 aromatic carbocycles. The summed E-state index contributed by atoms with van der Waals surface area (Å²) in [4.78, 5) is 28.3. The topological polar surface area (TPSA) is 61.8 Å². The first-order valence-corrected chi connectivity index (χ1v) is 9.94. The predicted molar refractivity (Wildman–Crippen MR) is 109 cm³/mol. The molecule has 2 aromatic rings. The molecule has 2 fully saturated rings. The Bertz CT molecular complexity index is 792. The number of methoxy groups -OCH3 is 1. The van der Waals surface area contributed by atoms with Crippen LogP contribution >= 0.6 is 0 Å². The lowest BCUT2D eigenvalue weighted by Crippen LogP contribution is -2.52. The number of amides is 1. The molecule has 1 amide bonds. The number of piperazine rings is 1. The van der Waals surface area contributed by atoms with Gasteiger partial charge in [-0.25, -0.2) is 9.97 Å². The van der Waals surface area contributed by atoms with E-state index >= 15 is 0 Å². The minimum atomic E-state index is 0.0286. The Morgan fingerprint density at radius 2 is 1.82 bits per heavy atom. The monoisotopic (exact) mass is 381 g/mol. The molecule has 0 spiro atoms. The van der Waals surface area contributed by atoms with Crippen LogP contribution in [0.2, 0.25) is 0 Å². The van der Waals surface area contributed by atoms with Gasteiger partial charge in [0.15, 0.2) is 0 Å². The average Bonchev–Trinajstić information content (AvgIpc) is 2.79. The third-order valence-corrected chi connectivity index (χ3v) is 5.62. The van der Waals surface area contributed by atoms with Gasteiger partial charge in [0, 0.05) is 63.4 Å². The van der Waals surface area contributed by atoms with E-state index < -0.39 is 0 Å². The summed E-state index contributed by atoms with van der Waals surface area (Å²) in [6.07, 6.45) is 5.45. The van der Waals surface area contributed by atoms with Crippen molar-refractivity contribution < 1.29 is 9.53 Å². The zero-order valence-corrected chi connectivity index (χ0v) is 16.3. The summed E-state index contributed by atoms with van der Waals surface area (Å²) in [6, 6.07) is 9.93. The molecule has 7 nitrogen and oxygen atoms in total. The number of aromatic nitrogens is 2. The molecule has 4 rings (SSSR count). The number of hydrogen-bond donors (Lipinski definition) is 0. The van der Waals surface area contributed by atoms with Gasteiger partial charge in [-0.1, -0.05) is 6.07 Å². The third kappa shape index (κ3) is 4.03. The van der Waals surface area contributed by atoms with Gasteiger partial charge in [0.25, 0.3) is 0 Å². The van der Waals surface area contributed by atoms with Crippen LogP contribution in [0, 0.1) is 5.92 Å². The van der Waals surface area contributed by atoms with E-state index in [-0.39, 0.29) is 11.8 Å². The molecule has 28 heavy (non-hydrogen) atoms. The summed E-state index contributed by atoms with van der Waals surface area (Å²) in [5.74, 6) is 1.89. The molecule has 7 heteroatoms. The second-order valence-corrected chi connectivity index (χ2v) is 7.35. The highest BCUT2D eigenvalue weighted by Crippen LogP contribution is 2.25. The van der Waals surface area contributed by atoms with Crippen molar-refractivity contribution in [1.29, 1.82) is 0 Å². The third-order valence-electron chi connectivity index (χ3n) is 5.62. The fraction of sp³-hybridized carbons (Fsp3) is 0.476. The number of benzene rings is 1. The minimum Gasteiger partial charge on any atom is -0.497 e. The van der Waals surface area contributed by atoms with E-state index in [1.54, 1.807) is 19.5 Å². The van der Waals surface area contributed by atoms with Crippen LogP contribution in [0.5, 0.6) is 5.75 Å². The summed E-state index contributed by atoms with van der Waals surface area (Å²) < 4.78 is 5.32. The van der Waals surface area contributed by atoms with Crippen LogP contribution in [-0.2, 0) is 4.79 Å². The molecule has 148 valence electrons. The second kappa shape index (κ2) is 8.46. The van der Waals surface area contributed by atoms with Gasteiger partial charge >= 0.3 is 0 Å². The number of rotatable bonds is 4. The van der Waals surface area contributed by atoms with Crippen molar-refractivity contribution in [2.24, 2.45) is 5.92 Å². The van der Waals surface area contributed by atoms with Gasteiger partial charge < -0.3 is 19.4 Å². The lowest BCUT2D eigenvalue weighted by Gasteiger charge is -2.39. The largest absolute Gasteiger partial charge is 0.497 e. The summed E-state index contributed by atoms with van der Waals surface area (Å²) in [5.41, 5.74) is 1.15. The molecular weight excluding hydrogens is 354 g/mol. The molecule has 0 saturated carbocycles. The first-order chi connectivity index (χ1) is 13.7. The summed E-state index contributed by atoms with van der Waals surface area (Å²) in [5, 5.41) is 0. The maximum Gasteiger partial charge on any atom is 0.227 e. The molecule has 0 radical (unpaired) electrons. The van der Waals surface area contributed by atoms with Gasteiger partial charge in [-0.15, -0.1) is 0 Å². The molecule has 1 aromatic heterocycles. The van der Waals surface area contributed by atoms with Crippen LogP contribution in [-0.4, -0.2) is 67.2 Å². The molecular formula is C21H27N5O2. The highest BCUT2D eigenvalue weighted by Gasteiger charge is 2.31. The first-order valence-electron chi connectivity index (χ1n) is 9.94. The van der Waals surface area contributed by atoms with E-state index in [1.807, 2.05) is 23.1 Å². The number of piperidine rings is 1. The first kappa shape index (κ1) is 18.5. The summed E-state index contributed by atoms with van der Waals surface area (Å²) >= 11 is 0. The van der Waals surface area contributed by atoms with Crippen LogP contribution in [0.15, 0.2) is 42.7 Å². The molecule has 0 bridgehead atoms. The number of ether oxygens (including phenoxy) is 1. The van der Waals surface area contributed by atoms with Crippen LogP contribution in [0.3, 0.4) is 0 Å². The normalized spacial score (nSPS) is 20.2. The lowest BCUT2D eigenvalue weighted by atomic mass is 9.96. The molecule has 0 unspecified atom stereocenters. The van der Waals surface area contributed by atoms with Gasteiger partial charge in [-0.3, -0.25) is 4.79 Å². The average molecular weight is 381 g/mol. The van der Waals surface area contributed by atoms with Crippen LogP contribution < -0.4 is 14.5 Å². The van der Waals surface area contributed by atoms with E-state index in [1.165, 1.54) is 0 Å².